The average molecular weight is 319 g/mol. The summed E-state index contributed by atoms with van der Waals surface area (Å²) in [4.78, 5) is 24.2. The van der Waals surface area contributed by atoms with Crippen molar-refractivity contribution in [2.45, 2.75) is 13.3 Å². The Morgan fingerprint density at radius 1 is 1.38 bits per heavy atom. The average Bonchev–Trinajstić information content (AvgIpc) is 2.67. The number of carboxylic acid groups (broad SMARTS) is 1. The fraction of sp³-hybridized carbons (Fsp3) is 0.200. The van der Waals surface area contributed by atoms with E-state index in [9.17, 15) is 9.59 Å². The molecule has 0 bridgehead atoms. The van der Waals surface area contributed by atoms with E-state index in [2.05, 4.69) is 5.73 Å². The van der Waals surface area contributed by atoms with Gasteiger partial charge in [-0.25, -0.2) is 0 Å². The maximum absolute atomic E-state index is 12.1. The number of thiocarbonyl (C=S) groups is 1. The van der Waals surface area contributed by atoms with Gasteiger partial charge in [-0.3, -0.25) is 14.5 Å². The van der Waals surface area contributed by atoms with Gasteiger partial charge in [0, 0.05) is 6.42 Å². The molecule has 21 heavy (non-hydrogen) atoms. The molecular formula is C15H13NO3S2. The molecule has 4 nitrogen and oxygen atoms in total. The van der Waals surface area contributed by atoms with Gasteiger partial charge >= 0.3 is 5.97 Å². The highest BCUT2D eigenvalue weighted by molar-refractivity contribution is 8.26. The SMILES string of the molecule is CC(=C=C1SC(=S)N(CC(=O)O)C1=O)Cc1ccccc1. The van der Waals surface area contributed by atoms with Crippen LogP contribution in [0.5, 0.6) is 0 Å². The molecule has 0 aromatic heterocycles. The Morgan fingerprint density at radius 3 is 2.67 bits per heavy atom. The standard InChI is InChI=1S/C15H13NO3S2/c1-10(7-11-5-3-2-4-6-11)8-12-14(19)16(9-13(17)18)15(20)21-12/h2-6H,7,9H2,1H3,(H,17,18). The van der Waals surface area contributed by atoms with Crippen molar-refractivity contribution in [3.8, 4) is 0 Å². The highest BCUT2D eigenvalue weighted by Gasteiger charge is 2.33. The third kappa shape index (κ3) is 4.04. The number of rotatable bonds is 4. The van der Waals surface area contributed by atoms with Crippen LogP contribution in [0.1, 0.15) is 12.5 Å². The summed E-state index contributed by atoms with van der Waals surface area (Å²) in [6.07, 6.45) is 0.684. The normalized spacial score (nSPS) is 14.3. The van der Waals surface area contributed by atoms with E-state index in [0.717, 1.165) is 27.8 Å². The molecule has 1 aromatic carbocycles. The fourth-order valence-corrected chi connectivity index (χ4v) is 3.13. The first kappa shape index (κ1) is 15.5. The lowest BCUT2D eigenvalue weighted by molar-refractivity contribution is -0.140. The molecule has 0 spiro atoms. The molecule has 108 valence electrons. The van der Waals surface area contributed by atoms with Crippen molar-refractivity contribution in [2.24, 2.45) is 0 Å². The Labute approximate surface area is 132 Å². The smallest absolute Gasteiger partial charge is 0.323 e. The number of carbonyl (C=O) groups is 2. The van der Waals surface area contributed by atoms with Gasteiger partial charge in [0.25, 0.3) is 5.91 Å². The molecular weight excluding hydrogens is 306 g/mol. The summed E-state index contributed by atoms with van der Waals surface area (Å²) in [7, 11) is 0. The first-order valence-electron chi connectivity index (χ1n) is 6.23. The summed E-state index contributed by atoms with van der Waals surface area (Å²) >= 11 is 6.12. The zero-order valence-electron chi connectivity index (χ0n) is 11.3. The monoisotopic (exact) mass is 319 g/mol. The second kappa shape index (κ2) is 6.72. The van der Waals surface area contributed by atoms with Crippen LogP contribution in [0.3, 0.4) is 0 Å². The molecule has 1 aliphatic heterocycles. The van der Waals surface area contributed by atoms with Gasteiger partial charge in [0.2, 0.25) is 0 Å². The Kier molecular flexibility index (Phi) is 4.96. The molecule has 0 radical (unpaired) electrons. The Morgan fingerprint density at radius 2 is 2.05 bits per heavy atom. The number of aliphatic carboxylic acids is 1. The molecule has 0 saturated carbocycles. The number of amides is 1. The molecule has 6 heteroatoms. The Balaban J connectivity index is 2.20. The van der Waals surface area contributed by atoms with Gasteiger partial charge in [-0.05, 0) is 29.8 Å². The molecule has 2 rings (SSSR count). The van der Waals surface area contributed by atoms with Crippen LogP contribution in [0.4, 0.5) is 0 Å². The van der Waals surface area contributed by atoms with E-state index in [1.165, 1.54) is 0 Å². The van der Waals surface area contributed by atoms with E-state index >= 15 is 0 Å². The summed E-state index contributed by atoms with van der Waals surface area (Å²) in [6, 6.07) is 9.85. The summed E-state index contributed by atoms with van der Waals surface area (Å²) in [5, 5.41) is 8.77. The van der Waals surface area contributed by atoms with Crippen LogP contribution in [0.2, 0.25) is 0 Å². The maximum atomic E-state index is 12.1. The predicted molar refractivity (Wildman–Crippen MR) is 85.9 cm³/mol. The van der Waals surface area contributed by atoms with Crippen molar-refractivity contribution in [2.75, 3.05) is 6.54 Å². The molecule has 1 heterocycles. The molecule has 1 fully saturated rings. The minimum atomic E-state index is -1.09. The lowest BCUT2D eigenvalue weighted by Crippen LogP contribution is -2.33. The molecule has 1 N–H and O–H groups in total. The van der Waals surface area contributed by atoms with Crippen LogP contribution in [0, 0.1) is 0 Å². The minimum Gasteiger partial charge on any atom is -0.480 e. The number of benzene rings is 1. The second-order valence-electron chi connectivity index (χ2n) is 4.55. The number of nitrogens with zero attached hydrogens (tertiary/aromatic N) is 1. The van der Waals surface area contributed by atoms with Crippen molar-refractivity contribution in [3.63, 3.8) is 0 Å². The quantitative estimate of drug-likeness (QED) is 0.525. The summed E-state index contributed by atoms with van der Waals surface area (Å²) in [5.74, 6) is -1.47. The molecule has 0 atom stereocenters. The predicted octanol–water partition coefficient (Wildman–Crippen LogP) is 2.60. The van der Waals surface area contributed by atoms with E-state index in [1.807, 2.05) is 37.3 Å². The number of hydrogen-bond donors (Lipinski definition) is 1. The number of hydrogen-bond acceptors (Lipinski definition) is 4. The third-order valence-corrected chi connectivity index (χ3v) is 4.13. The van der Waals surface area contributed by atoms with Gasteiger partial charge in [-0.1, -0.05) is 42.5 Å². The fourth-order valence-electron chi connectivity index (χ4n) is 1.88. The molecule has 1 aliphatic rings. The van der Waals surface area contributed by atoms with Crippen molar-refractivity contribution in [3.05, 3.63) is 52.1 Å². The van der Waals surface area contributed by atoms with Crippen LogP contribution in [0.25, 0.3) is 0 Å². The second-order valence-corrected chi connectivity index (χ2v) is 6.19. The maximum Gasteiger partial charge on any atom is 0.323 e. The largest absolute Gasteiger partial charge is 0.480 e. The molecule has 0 aliphatic carbocycles. The summed E-state index contributed by atoms with van der Waals surface area (Å²) in [5.41, 5.74) is 5.06. The Hall–Kier alpha value is -1.88. The first-order valence-corrected chi connectivity index (χ1v) is 7.45. The lowest BCUT2D eigenvalue weighted by Gasteiger charge is -2.09. The van der Waals surface area contributed by atoms with E-state index in [4.69, 9.17) is 17.3 Å². The first-order chi connectivity index (χ1) is 9.97. The highest BCUT2D eigenvalue weighted by atomic mass is 32.2. The van der Waals surface area contributed by atoms with Crippen LogP contribution in [-0.4, -0.2) is 32.7 Å². The van der Waals surface area contributed by atoms with Crippen LogP contribution < -0.4 is 0 Å². The van der Waals surface area contributed by atoms with Gasteiger partial charge in [0.1, 0.15) is 15.8 Å². The van der Waals surface area contributed by atoms with Gasteiger partial charge in [-0.2, -0.15) is 0 Å². The summed E-state index contributed by atoms with van der Waals surface area (Å²) in [6.45, 7) is 1.48. The van der Waals surface area contributed by atoms with Crippen LogP contribution >= 0.6 is 24.0 Å². The third-order valence-electron chi connectivity index (χ3n) is 2.78. The number of thioether (sulfide) groups is 1. The number of carbonyl (C=O) groups excluding carboxylic acids is 1. The van der Waals surface area contributed by atoms with E-state index < -0.39 is 12.5 Å². The minimum absolute atomic E-state index is 0.261. The van der Waals surface area contributed by atoms with Gasteiger partial charge in [0.05, 0.1) is 0 Å². The molecule has 1 amide bonds. The van der Waals surface area contributed by atoms with Crippen molar-refractivity contribution in [1.82, 2.24) is 4.90 Å². The van der Waals surface area contributed by atoms with Gasteiger partial charge < -0.3 is 5.11 Å². The molecule has 1 aromatic rings. The van der Waals surface area contributed by atoms with E-state index in [1.54, 1.807) is 0 Å². The zero-order chi connectivity index (χ0) is 15.4. The topological polar surface area (TPSA) is 57.6 Å². The van der Waals surface area contributed by atoms with Crippen LogP contribution in [-0.2, 0) is 16.0 Å². The van der Waals surface area contributed by atoms with E-state index in [0.29, 0.717) is 11.3 Å². The zero-order valence-corrected chi connectivity index (χ0v) is 13.0. The summed E-state index contributed by atoms with van der Waals surface area (Å²) < 4.78 is 0.261. The van der Waals surface area contributed by atoms with Gasteiger partial charge in [-0.15, -0.1) is 5.73 Å². The van der Waals surface area contributed by atoms with Crippen molar-refractivity contribution >= 4 is 40.2 Å². The van der Waals surface area contributed by atoms with Crippen molar-refractivity contribution in [1.29, 1.82) is 0 Å². The van der Waals surface area contributed by atoms with Crippen molar-refractivity contribution < 1.29 is 14.7 Å². The van der Waals surface area contributed by atoms with E-state index in [-0.39, 0.29) is 10.2 Å². The Bertz CT molecular complexity index is 661. The molecule has 1 saturated heterocycles. The number of carboxylic acids is 1. The highest BCUT2D eigenvalue weighted by Crippen LogP contribution is 2.30. The van der Waals surface area contributed by atoms with Crippen LogP contribution in [0.15, 0.2) is 46.5 Å². The van der Waals surface area contributed by atoms with Gasteiger partial charge in [0.15, 0.2) is 0 Å². The molecule has 0 unspecified atom stereocenters. The lowest BCUT2D eigenvalue weighted by atomic mass is 10.1.